The Hall–Kier alpha value is -5.48. The summed E-state index contributed by atoms with van der Waals surface area (Å²) in [5, 5.41) is 10.4. The topological polar surface area (TPSA) is 3.24 Å². The van der Waals surface area contributed by atoms with Gasteiger partial charge in [-0.15, -0.1) is 22.7 Å². The molecule has 0 bridgehead atoms. The van der Waals surface area contributed by atoms with Gasteiger partial charge in [-0.3, -0.25) is 0 Å². The van der Waals surface area contributed by atoms with Gasteiger partial charge in [-0.25, -0.2) is 0 Å². The Kier molecular flexibility index (Phi) is 5.98. The fraction of sp³-hybridized carbons (Fsp3) is 0. The first kappa shape index (κ1) is 26.7. The van der Waals surface area contributed by atoms with Crippen LogP contribution < -0.4 is 4.90 Å². The third-order valence-corrected chi connectivity index (χ3v) is 11.7. The van der Waals surface area contributed by atoms with Crippen molar-refractivity contribution in [2.75, 3.05) is 4.90 Å². The van der Waals surface area contributed by atoms with Crippen LogP contribution in [0.15, 0.2) is 164 Å². The number of benzene rings is 8. The summed E-state index contributed by atoms with van der Waals surface area (Å²) in [6, 6.07) is 60.3. The Labute approximate surface area is 280 Å². The summed E-state index contributed by atoms with van der Waals surface area (Å²) in [5.74, 6) is 0. The second kappa shape index (κ2) is 10.5. The lowest BCUT2D eigenvalue weighted by atomic mass is 10.0. The zero-order chi connectivity index (χ0) is 30.9. The molecule has 0 atom stereocenters. The summed E-state index contributed by atoms with van der Waals surface area (Å²) in [5.41, 5.74) is 5.90. The van der Waals surface area contributed by atoms with Crippen molar-refractivity contribution in [3.05, 3.63) is 164 Å². The summed E-state index contributed by atoms with van der Waals surface area (Å²) in [6.07, 6.45) is 0. The van der Waals surface area contributed by atoms with E-state index in [-0.39, 0.29) is 0 Å². The lowest BCUT2D eigenvalue weighted by molar-refractivity contribution is 1.30. The van der Waals surface area contributed by atoms with E-state index in [4.69, 9.17) is 0 Å². The van der Waals surface area contributed by atoms with Crippen molar-refractivity contribution >= 4 is 102 Å². The average molecular weight is 634 g/mol. The third-order valence-electron chi connectivity index (χ3n) is 9.45. The largest absolute Gasteiger partial charge is 0.310 e. The van der Waals surface area contributed by atoms with E-state index < -0.39 is 0 Å². The number of hydrogen-bond donors (Lipinski definition) is 0. The Bertz CT molecular complexity index is 2800. The third kappa shape index (κ3) is 4.35. The standard InChI is InChI=1S/C44H27NS2/c1-2-8-35-29(7-1)13-14-30-17-21-33(26-40(30)35)45(34-22-24-39-37-10-4-6-12-42(37)47-44(39)27-34)32-19-15-28(16-20-32)31-18-23-38-36-9-3-5-11-41(36)46-43(38)25-31/h1-27H. The van der Waals surface area contributed by atoms with Crippen LogP contribution in [-0.2, 0) is 0 Å². The van der Waals surface area contributed by atoms with Gasteiger partial charge in [0.15, 0.2) is 0 Å². The average Bonchev–Trinajstić information content (AvgIpc) is 3.69. The Balaban J connectivity index is 1.13. The molecule has 0 aliphatic carbocycles. The Morgan fingerprint density at radius 1 is 0.298 bits per heavy atom. The molecule has 47 heavy (non-hydrogen) atoms. The molecule has 2 aromatic heterocycles. The monoisotopic (exact) mass is 633 g/mol. The van der Waals surface area contributed by atoms with E-state index in [1.807, 2.05) is 22.7 Å². The summed E-state index contributed by atoms with van der Waals surface area (Å²) in [7, 11) is 0. The number of fused-ring (bicyclic) bond motifs is 9. The molecule has 10 aromatic rings. The fourth-order valence-corrected chi connectivity index (χ4v) is 9.42. The molecule has 220 valence electrons. The van der Waals surface area contributed by atoms with Crippen molar-refractivity contribution in [1.29, 1.82) is 0 Å². The van der Waals surface area contributed by atoms with Crippen molar-refractivity contribution in [3.8, 4) is 11.1 Å². The highest BCUT2D eigenvalue weighted by molar-refractivity contribution is 7.26. The maximum absolute atomic E-state index is 2.41. The molecule has 8 aromatic carbocycles. The van der Waals surface area contributed by atoms with Crippen LogP contribution in [0.3, 0.4) is 0 Å². The maximum atomic E-state index is 2.41. The lowest BCUT2D eigenvalue weighted by Gasteiger charge is -2.26. The van der Waals surface area contributed by atoms with Crippen LogP contribution in [0.4, 0.5) is 17.1 Å². The molecule has 0 spiro atoms. The van der Waals surface area contributed by atoms with Crippen molar-refractivity contribution < 1.29 is 0 Å². The van der Waals surface area contributed by atoms with E-state index in [2.05, 4.69) is 169 Å². The molecule has 0 saturated carbocycles. The number of hydrogen-bond acceptors (Lipinski definition) is 3. The quantitative estimate of drug-likeness (QED) is 0.174. The Morgan fingerprint density at radius 2 is 0.787 bits per heavy atom. The minimum Gasteiger partial charge on any atom is -0.310 e. The number of nitrogens with zero attached hydrogens (tertiary/aromatic N) is 1. The van der Waals surface area contributed by atoms with Gasteiger partial charge in [0.25, 0.3) is 0 Å². The predicted molar refractivity (Wildman–Crippen MR) is 207 cm³/mol. The summed E-state index contributed by atoms with van der Waals surface area (Å²) >= 11 is 3.73. The zero-order valence-corrected chi connectivity index (χ0v) is 27.0. The van der Waals surface area contributed by atoms with Crippen molar-refractivity contribution in [3.63, 3.8) is 0 Å². The van der Waals surface area contributed by atoms with Crippen LogP contribution in [0, 0.1) is 0 Å². The molecule has 0 radical (unpaired) electrons. The fourth-order valence-electron chi connectivity index (χ4n) is 7.14. The van der Waals surface area contributed by atoms with Gasteiger partial charge in [-0.05, 0) is 87.3 Å². The molecule has 0 unspecified atom stereocenters. The van der Waals surface area contributed by atoms with E-state index in [0.29, 0.717) is 0 Å². The first-order valence-corrected chi connectivity index (χ1v) is 17.5. The van der Waals surface area contributed by atoms with E-state index >= 15 is 0 Å². The minimum atomic E-state index is 1.14. The van der Waals surface area contributed by atoms with Gasteiger partial charge in [0.2, 0.25) is 0 Å². The molecule has 10 rings (SSSR count). The predicted octanol–water partition coefficient (Wildman–Crippen LogP) is 13.9. The summed E-state index contributed by atoms with van der Waals surface area (Å²) in [4.78, 5) is 2.41. The van der Waals surface area contributed by atoms with Gasteiger partial charge in [0.1, 0.15) is 0 Å². The number of rotatable bonds is 4. The number of thiophene rings is 2. The molecular weight excluding hydrogens is 607 g/mol. The SMILES string of the molecule is c1ccc2c(c1)ccc1ccc(N(c3ccc(-c4ccc5c(c4)sc4ccccc45)cc3)c3ccc4c(c3)sc3ccccc34)cc12. The second-order valence-electron chi connectivity index (χ2n) is 12.2. The highest BCUT2D eigenvalue weighted by Crippen LogP contribution is 2.43. The molecular formula is C44H27NS2. The number of anilines is 3. The highest BCUT2D eigenvalue weighted by atomic mass is 32.1. The molecule has 0 fully saturated rings. The molecule has 2 heterocycles. The molecule has 0 aliphatic rings. The van der Waals surface area contributed by atoms with Crippen LogP contribution >= 0.6 is 22.7 Å². The first-order chi connectivity index (χ1) is 23.3. The van der Waals surface area contributed by atoms with E-state index in [1.54, 1.807) is 0 Å². The van der Waals surface area contributed by atoms with Gasteiger partial charge < -0.3 is 4.90 Å². The van der Waals surface area contributed by atoms with Gasteiger partial charge in [-0.1, -0.05) is 109 Å². The van der Waals surface area contributed by atoms with Gasteiger partial charge in [0.05, 0.1) is 0 Å². The van der Waals surface area contributed by atoms with Crippen LogP contribution in [0.1, 0.15) is 0 Å². The summed E-state index contributed by atoms with van der Waals surface area (Å²) in [6.45, 7) is 0. The Morgan fingerprint density at radius 3 is 1.53 bits per heavy atom. The van der Waals surface area contributed by atoms with Crippen LogP contribution in [0.5, 0.6) is 0 Å². The van der Waals surface area contributed by atoms with Crippen LogP contribution in [0.2, 0.25) is 0 Å². The van der Waals surface area contributed by atoms with Gasteiger partial charge in [0, 0.05) is 57.4 Å². The molecule has 0 N–H and O–H groups in total. The maximum Gasteiger partial charge on any atom is 0.0476 e. The van der Waals surface area contributed by atoms with Crippen molar-refractivity contribution in [1.82, 2.24) is 0 Å². The van der Waals surface area contributed by atoms with Gasteiger partial charge >= 0.3 is 0 Å². The highest BCUT2D eigenvalue weighted by Gasteiger charge is 2.16. The van der Waals surface area contributed by atoms with Crippen molar-refractivity contribution in [2.24, 2.45) is 0 Å². The van der Waals surface area contributed by atoms with Gasteiger partial charge in [-0.2, -0.15) is 0 Å². The molecule has 0 amide bonds. The molecule has 1 nitrogen and oxygen atoms in total. The van der Waals surface area contributed by atoms with E-state index in [9.17, 15) is 0 Å². The molecule has 0 saturated heterocycles. The first-order valence-electron chi connectivity index (χ1n) is 15.9. The van der Waals surface area contributed by atoms with E-state index in [0.717, 1.165) is 17.1 Å². The normalized spacial score (nSPS) is 11.8. The lowest BCUT2D eigenvalue weighted by Crippen LogP contribution is -2.09. The zero-order valence-electron chi connectivity index (χ0n) is 25.4. The minimum absolute atomic E-state index is 1.14. The van der Waals surface area contributed by atoms with Crippen LogP contribution in [0.25, 0.3) is 73.0 Å². The molecule has 0 aliphatic heterocycles. The summed E-state index contributed by atoms with van der Waals surface area (Å²) < 4.78 is 5.29. The molecule has 3 heteroatoms. The van der Waals surface area contributed by atoms with E-state index in [1.165, 1.54) is 73.0 Å². The second-order valence-corrected chi connectivity index (χ2v) is 14.3. The van der Waals surface area contributed by atoms with Crippen LogP contribution in [-0.4, -0.2) is 0 Å². The van der Waals surface area contributed by atoms with Crippen molar-refractivity contribution in [2.45, 2.75) is 0 Å². The smallest absolute Gasteiger partial charge is 0.0476 e.